The van der Waals surface area contributed by atoms with Gasteiger partial charge in [0.2, 0.25) is 10.0 Å². The highest BCUT2D eigenvalue weighted by Gasteiger charge is 2.50. The minimum Gasteiger partial charge on any atom is -0.444 e. The van der Waals surface area contributed by atoms with Gasteiger partial charge in [0.1, 0.15) is 12.3 Å². The molecule has 0 saturated carbocycles. The Morgan fingerprint density at radius 1 is 1.19 bits per heavy atom. The van der Waals surface area contributed by atoms with Crippen molar-refractivity contribution in [1.82, 2.24) is 9.21 Å². The first-order chi connectivity index (χ1) is 15.1. The number of nitrogens with zero attached hydrogens (tertiary/aromatic N) is 2. The average Bonchev–Trinajstić information content (AvgIpc) is 3.01. The molecule has 2 aliphatic rings. The Bertz CT molecular complexity index is 852. The topological polar surface area (TPSA) is 85.4 Å². The number of hydrogen-bond acceptors (Lipinski definition) is 6. The first kappa shape index (κ1) is 25.0. The molecule has 9 heteroatoms. The summed E-state index contributed by atoms with van der Waals surface area (Å²) in [7, 11) is -3.41. The molecule has 0 radical (unpaired) electrons. The lowest BCUT2D eigenvalue weighted by Crippen LogP contribution is -2.49. The smallest absolute Gasteiger partial charge is 0.412 e. The summed E-state index contributed by atoms with van der Waals surface area (Å²) in [6, 6.07) is 9.27. The molecular weight excluding hydrogens is 432 g/mol. The second-order valence-corrected chi connectivity index (χ2v) is 11.4. The van der Waals surface area contributed by atoms with Gasteiger partial charge in [-0.1, -0.05) is 44.2 Å². The molecule has 0 N–H and O–H groups in total. The lowest BCUT2D eigenvalue weighted by atomic mass is 9.97. The van der Waals surface area contributed by atoms with Crippen LogP contribution < -0.4 is 0 Å². The second-order valence-electron chi connectivity index (χ2n) is 9.33. The van der Waals surface area contributed by atoms with Crippen molar-refractivity contribution in [2.75, 3.05) is 32.1 Å². The van der Waals surface area contributed by atoms with Crippen LogP contribution in [-0.4, -0.2) is 73.6 Å². The molecule has 32 heavy (non-hydrogen) atoms. The van der Waals surface area contributed by atoms with E-state index in [0.29, 0.717) is 45.1 Å². The van der Waals surface area contributed by atoms with Gasteiger partial charge in [-0.25, -0.2) is 13.2 Å². The first-order valence-electron chi connectivity index (χ1n) is 11.3. The summed E-state index contributed by atoms with van der Waals surface area (Å²) in [5.74, 6) is 0.287. The average molecular weight is 469 g/mol. The van der Waals surface area contributed by atoms with E-state index in [9.17, 15) is 13.2 Å². The van der Waals surface area contributed by atoms with Crippen LogP contribution in [0.2, 0.25) is 0 Å². The van der Waals surface area contributed by atoms with E-state index in [0.717, 1.165) is 5.56 Å². The van der Waals surface area contributed by atoms with Crippen molar-refractivity contribution in [2.24, 2.45) is 5.92 Å². The molecule has 2 fully saturated rings. The molecule has 0 aromatic heterocycles. The van der Waals surface area contributed by atoms with Crippen LogP contribution in [-0.2, 0) is 30.8 Å². The number of ether oxygens (including phenoxy) is 3. The molecule has 2 saturated heterocycles. The molecule has 0 spiro atoms. The number of sulfonamides is 1. The van der Waals surface area contributed by atoms with Gasteiger partial charge in [0.05, 0.1) is 31.1 Å². The fourth-order valence-corrected chi connectivity index (χ4v) is 5.92. The fraction of sp³-hybridized carbons (Fsp3) is 0.696. The number of amides is 1. The van der Waals surface area contributed by atoms with Gasteiger partial charge >= 0.3 is 6.09 Å². The van der Waals surface area contributed by atoms with Crippen LogP contribution in [0, 0.1) is 5.92 Å². The highest BCUT2D eigenvalue weighted by atomic mass is 32.2. The summed E-state index contributed by atoms with van der Waals surface area (Å²) < 4.78 is 44.3. The van der Waals surface area contributed by atoms with Crippen LogP contribution in [0.5, 0.6) is 0 Å². The lowest BCUT2D eigenvalue weighted by Gasteiger charge is -2.33. The molecule has 3 rings (SSSR count). The van der Waals surface area contributed by atoms with Crippen molar-refractivity contribution >= 4 is 16.1 Å². The number of hydrogen-bond donors (Lipinski definition) is 0. The van der Waals surface area contributed by atoms with Gasteiger partial charge in [-0.2, -0.15) is 4.31 Å². The minimum absolute atomic E-state index is 0.0186. The predicted molar refractivity (Wildman–Crippen MR) is 121 cm³/mol. The van der Waals surface area contributed by atoms with Gasteiger partial charge in [-0.05, 0) is 38.2 Å². The van der Waals surface area contributed by atoms with Gasteiger partial charge in [-0.15, -0.1) is 0 Å². The Kier molecular flexibility index (Phi) is 8.19. The highest BCUT2D eigenvalue weighted by Crippen LogP contribution is 2.37. The maximum absolute atomic E-state index is 13.1. The molecule has 180 valence electrons. The molecule has 8 nitrogen and oxygen atoms in total. The van der Waals surface area contributed by atoms with Crippen LogP contribution in [0.4, 0.5) is 4.79 Å². The van der Waals surface area contributed by atoms with E-state index in [1.165, 1.54) is 4.31 Å². The van der Waals surface area contributed by atoms with E-state index in [1.807, 2.05) is 44.2 Å². The summed E-state index contributed by atoms with van der Waals surface area (Å²) in [6.45, 7) is 9.62. The maximum atomic E-state index is 13.1. The zero-order valence-electron chi connectivity index (χ0n) is 19.5. The van der Waals surface area contributed by atoms with E-state index < -0.39 is 21.8 Å². The van der Waals surface area contributed by atoms with Crippen molar-refractivity contribution in [3.05, 3.63) is 35.9 Å². The van der Waals surface area contributed by atoms with Crippen molar-refractivity contribution in [3.63, 3.8) is 0 Å². The second kappa shape index (κ2) is 10.5. The number of benzene rings is 1. The zero-order valence-corrected chi connectivity index (χ0v) is 20.3. The van der Waals surface area contributed by atoms with Crippen molar-refractivity contribution in [1.29, 1.82) is 0 Å². The number of rotatable bonds is 8. The largest absolute Gasteiger partial charge is 0.444 e. The molecule has 2 heterocycles. The number of carbonyl (C=O) groups is 1. The van der Waals surface area contributed by atoms with Crippen LogP contribution in [0.1, 0.15) is 46.1 Å². The van der Waals surface area contributed by atoms with Crippen LogP contribution in [0.3, 0.4) is 0 Å². The molecule has 0 aliphatic carbocycles. The predicted octanol–water partition coefficient (Wildman–Crippen LogP) is 3.23. The molecule has 0 bridgehead atoms. The van der Waals surface area contributed by atoms with Crippen LogP contribution >= 0.6 is 0 Å². The third-order valence-corrected chi connectivity index (χ3v) is 7.82. The fourth-order valence-electron chi connectivity index (χ4n) is 4.43. The van der Waals surface area contributed by atoms with E-state index in [4.69, 9.17) is 14.2 Å². The van der Waals surface area contributed by atoms with Crippen molar-refractivity contribution < 1.29 is 27.4 Å². The maximum Gasteiger partial charge on any atom is 0.412 e. The summed E-state index contributed by atoms with van der Waals surface area (Å²) in [4.78, 5) is 14.8. The van der Waals surface area contributed by atoms with Crippen LogP contribution in [0.25, 0.3) is 0 Å². The van der Waals surface area contributed by atoms with E-state index in [-0.39, 0.29) is 24.5 Å². The molecule has 1 amide bonds. The Morgan fingerprint density at radius 2 is 1.84 bits per heavy atom. The summed E-state index contributed by atoms with van der Waals surface area (Å²) in [5, 5.41) is 0. The van der Waals surface area contributed by atoms with Crippen molar-refractivity contribution in [2.45, 2.75) is 65.0 Å². The summed E-state index contributed by atoms with van der Waals surface area (Å²) in [6.07, 6.45) is 0.199. The molecular formula is C23H36N2O6S. The van der Waals surface area contributed by atoms with Gasteiger partial charge in [0, 0.05) is 13.1 Å². The van der Waals surface area contributed by atoms with Crippen molar-refractivity contribution in [3.8, 4) is 0 Å². The SMILES string of the molecule is CC(C)C[C@H]1[C@H](CCS(=O)(=O)N2CCOCC2)OC(C)(C)N1C(=O)OCc1ccccc1. The van der Waals surface area contributed by atoms with Gasteiger partial charge < -0.3 is 14.2 Å². The monoisotopic (exact) mass is 468 g/mol. The molecule has 0 unspecified atom stereocenters. The van der Waals surface area contributed by atoms with E-state index in [1.54, 1.807) is 4.90 Å². The normalized spacial score (nSPS) is 24.1. The molecule has 1 aromatic rings. The minimum atomic E-state index is -3.41. The van der Waals surface area contributed by atoms with Gasteiger partial charge in [0.25, 0.3) is 0 Å². The quantitative estimate of drug-likeness (QED) is 0.582. The van der Waals surface area contributed by atoms with E-state index in [2.05, 4.69) is 13.8 Å². The van der Waals surface area contributed by atoms with Gasteiger partial charge in [-0.3, -0.25) is 4.90 Å². The Morgan fingerprint density at radius 3 is 2.47 bits per heavy atom. The van der Waals surface area contributed by atoms with Gasteiger partial charge in [0.15, 0.2) is 0 Å². The summed E-state index contributed by atoms with van der Waals surface area (Å²) >= 11 is 0. The third kappa shape index (κ3) is 6.21. The molecule has 2 atom stereocenters. The highest BCUT2D eigenvalue weighted by molar-refractivity contribution is 7.89. The molecule has 1 aromatic carbocycles. The number of carbonyl (C=O) groups excluding carboxylic acids is 1. The lowest BCUT2D eigenvalue weighted by molar-refractivity contribution is -0.0711. The third-order valence-electron chi connectivity index (χ3n) is 5.92. The zero-order chi connectivity index (χ0) is 23.4. The standard InChI is InChI=1S/C23H36N2O6S/c1-18(2)16-20-21(10-15-32(27,28)24-11-13-29-14-12-24)31-23(3,4)25(20)22(26)30-17-19-8-6-5-7-9-19/h5-9,18,20-21H,10-17H2,1-4H3/t20-,21-/m0/s1. The first-order valence-corrected chi connectivity index (χ1v) is 12.9. The number of morpholine rings is 1. The Hall–Kier alpha value is -1.68. The van der Waals surface area contributed by atoms with E-state index >= 15 is 0 Å². The van der Waals surface area contributed by atoms with Crippen LogP contribution in [0.15, 0.2) is 30.3 Å². The Balaban J connectivity index is 1.70. The molecule has 2 aliphatic heterocycles. The Labute approximate surface area is 191 Å². The summed E-state index contributed by atoms with van der Waals surface area (Å²) in [5.41, 5.74) is 0.0214.